The zero-order valence-electron chi connectivity index (χ0n) is 15.1. The van der Waals surface area contributed by atoms with Gasteiger partial charge in [0.15, 0.2) is 0 Å². The van der Waals surface area contributed by atoms with E-state index in [1.54, 1.807) is 12.1 Å². The number of fused-ring (bicyclic) bond motifs is 1. The summed E-state index contributed by atoms with van der Waals surface area (Å²) in [6, 6.07) is 7.64. The number of ether oxygens (including phenoxy) is 1. The van der Waals surface area contributed by atoms with Crippen molar-refractivity contribution in [2.24, 2.45) is 11.8 Å². The summed E-state index contributed by atoms with van der Waals surface area (Å²) >= 11 is 0. The zero-order valence-corrected chi connectivity index (χ0v) is 15.1. The maximum Gasteiger partial charge on any atom is 0.400 e. The predicted molar refractivity (Wildman–Crippen MR) is 99.9 cm³/mol. The van der Waals surface area contributed by atoms with E-state index in [1.807, 2.05) is 0 Å². The van der Waals surface area contributed by atoms with E-state index in [0.717, 1.165) is 31.1 Å². The van der Waals surface area contributed by atoms with E-state index in [9.17, 15) is 13.2 Å². The van der Waals surface area contributed by atoms with Crippen LogP contribution in [0.3, 0.4) is 0 Å². The van der Waals surface area contributed by atoms with Crippen molar-refractivity contribution in [3.05, 3.63) is 48.3 Å². The normalized spacial score (nSPS) is 20.9. The van der Waals surface area contributed by atoms with Crippen molar-refractivity contribution in [2.75, 3.05) is 0 Å². The Bertz CT molecular complexity index is 776. The minimum atomic E-state index is -3.20. The Morgan fingerprint density at radius 3 is 2.50 bits per heavy atom. The van der Waals surface area contributed by atoms with Crippen LogP contribution in [0, 0.1) is 17.7 Å². The van der Waals surface area contributed by atoms with Gasteiger partial charge in [-0.2, -0.15) is 8.78 Å². The first-order valence-corrected chi connectivity index (χ1v) is 9.35. The molecule has 4 heteroatoms. The molecule has 2 aromatic carbocycles. The van der Waals surface area contributed by atoms with E-state index in [-0.39, 0.29) is 5.75 Å². The van der Waals surface area contributed by atoms with Crippen LogP contribution < -0.4 is 4.74 Å². The number of halogens is 3. The highest BCUT2D eigenvalue weighted by Crippen LogP contribution is 2.41. The molecule has 26 heavy (non-hydrogen) atoms. The largest absolute Gasteiger partial charge is 0.432 e. The summed E-state index contributed by atoms with van der Waals surface area (Å²) in [7, 11) is 0. The number of alkyl halides is 2. The van der Waals surface area contributed by atoms with E-state index < -0.39 is 17.8 Å². The van der Waals surface area contributed by atoms with Gasteiger partial charge in [-0.05, 0) is 66.6 Å². The minimum absolute atomic E-state index is 0.0731. The lowest BCUT2D eigenvalue weighted by molar-refractivity contribution is -0.223. The SMILES string of the molecule is C=Cc1cc2ccc(OC(F)(F)C3CCC(CCC)CC3)cc2cc1F. The van der Waals surface area contributed by atoms with Gasteiger partial charge in [0.25, 0.3) is 0 Å². The summed E-state index contributed by atoms with van der Waals surface area (Å²) in [6.45, 7) is 5.70. The molecule has 0 aromatic heterocycles. The van der Waals surface area contributed by atoms with Crippen LogP contribution in [0.4, 0.5) is 13.2 Å². The topological polar surface area (TPSA) is 9.23 Å². The van der Waals surface area contributed by atoms with Crippen molar-refractivity contribution < 1.29 is 17.9 Å². The highest BCUT2D eigenvalue weighted by atomic mass is 19.3. The molecule has 0 bridgehead atoms. The molecular weight excluding hydrogens is 337 g/mol. The second kappa shape index (κ2) is 7.73. The van der Waals surface area contributed by atoms with E-state index in [1.165, 1.54) is 24.3 Å². The molecule has 0 radical (unpaired) electrons. The lowest BCUT2D eigenvalue weighted by Crippen LogP contribution is -2.37. The predicted octanol–water partition coefficient (Wildman–Crippen LogP) is 7.20. The van der Waals surface area contributed by atoms with Crippen LogP contribution in [0.1, 0.15) is 51.0 Å². The molecule has 0 spiro atoms. The Morgan fingerprint density at radius 2 is 1.85 bits per heavy atom. The average molecular weight is 362 g/mol. The first kappa shape index (κ1) is 18.8. The molecule has 1 aliphatic carbocycles. The van der Waals surface area contributed by atoms with Gasteiger partial charge in [-0.25, -0.2) is 4.39 Å². The summed E-state index contributed by atoms with van der Waals surface area (Å²) in [5, 5.41) is 1.30. The number of hydrogen-bond acceptors (Lipinski definition) is 1. The third-order valence-electron chi connectivity index (χ3n) is 5.42. The molecule has 1 nitrogen and oxygen atoms in total. The van der Waals surface area contributed by atoms with Crippen LogP contribution in [-0.2, 0) is 0 Å². The maximum absolute atomic E-state index is 14.6. The Hall–Kier alpha value is -1.97. The van der Waals surface area contributed by atoms with Crippen molar-refractivity contribution in [2.45, 2.75) is 51.6 Å². The molecule has 1 fully saturated rings. The smallest absolute Gasteiger partial charge is 0.400 e. The van der Waals surface area contributed by atoms with E-state index in [2.05, 4.69) is 13.5 Å². The molecule has 0 aliphatic heterocycles. The van der Waals surface area contributed by atoms with Gasteiger partial charge in [0, 0.05) is 5.56 Å². The van der Waals surface area contributed by atoms with Crippen LogP contribution in [0.5, 0.6) is 5.75 Å². The molecule has 1 saturated carbocycles. The Kier molecular flexibility index (Phi) is 5.59. The quantitative estimate of drug-likeness (QED) is 0.528. The minimum Gasteiger partial charge on any atom is -0.432 e. The Labute approximate surface area is 152 Å². The monoisotopic (exact) mass is 362 g/mol. The molecular formula is C22H25F3O. The third-order valence-corrected chi connectivity index (χ3v) is 5.42. The van der Waals surface area contributed by atoms with Crippen molar-refractivity contribution in [1.29, 1.82) is 0 Å². The van der Waals surface area contributed by atoms with Crippen molar-refractivity contribution in [3.63, 3.8) is 0 Å². The summed E-state index contributed by atoms with van der Waals surface area (Å²) in [5.74, 6) is -0.546. The molecule has 2 aromatic rings. The fraction of sp³-hybridized carbons (Fsp3) is 0.455. The maximum atomic E-state index is 14.6. The highest BCUT2D eigenvalue weighted by molar-refractivity contribution is 5.86. The summed E-state index contributed by atoms with van der Waals surface area (Å²) in [5.41, 5.74) is 0.389. The van der Waals surface area contributed by atoms with Gasteiger partial charge in [-0.3, -0.25) is 0 Å². The van der Waals surface area contributed by atoms with Gasteiger partial charge in [-0.15, -0.1) is 0 Å². The van der Waals surface area contributed by atoms with Gasteiger partial charge >= 0.3 is 6.11 Å². The van der Waals surface area contributed by atoms with E-state index in [4.69, 9.17) is 4.74 Å². The Balaban J connectivity index is 1.74. The molecule has 0 saturated heterocycles. The molecule has 1 aliphatic rings. The van der Waals surface area contributed by atoms with Crippen molar-refractivity contribution in [3.8, 4) is 5.75 Å². The van der Waals surface area contributed by atoms with Crippen LogP contribution in [0.15, 0.2) is 36.9 Å². The highest BCUT2D eigenvalue weighted by Gasteiger charge is 2.43. The fourth-order valence-corrected chi connectivity index (χ4v) is 3.92. The van der Waals surface area contributed by atoms with E-state index in [0.29, 0.717) is 29.7 Å². The molecule has 0 atom stereocenters. The first-order valence-electron chi connectivity index (χ1n) is 9.35. The second-order valence-corrected chi connectivity index (χ2v) is 7.26. The fourth-order valence-electron chi connectivity index (χ4n) is 3.92. The van der Waals surface area contributed by atoms with Crippen LogP contribution in [0.25, 0.3) is 16.8 Å². The van der Waals surface area contributed by atoms with E-state index >= 15 is 0 Å². The molecule has 0 unspecified atom stereocenters. The van der Waals surface area contributed by atoms with Gasteiger partial charge < -0.3 is 4.74 Å². The van der Waals surface area contributed by atoms with Crippen LogP contribution in [0.2, 0.25) is 0 Å². The molecule has 0 N–H and O–H groups in total. The Morgan fingerprint density at radius 1 is 1.12 bits per heavy atom. The molecule has 0 heterocycles. The van der Waals surface area contributed by atoms with Gasteiger partial charge in [0.05, 0.1) is 5.92 Å². The summed E-state index contributed by atoms with van der Waals surface area (Å²) < 4.78 is 48.2. The van der Waals surface area contributed by atoms with Gasteiger partial charge in [0.1, 0.15) is 11.6 Å². The summed E-state index contributed by atoms with van der Waals surface area (Å²) in [4.78, 5) is 0. The van der Waals surface area contributed by atoms with Crippen LogP contribution in [-0.4, -0.2) is 6.11 Å². The molecule has 3 rings (SSSR count). The van der Waals surface area contributed by atoms with Crippen molar-refractivity contribution in [1.82, 2.24) is 0 Å². The third kappa shape index (κ3) is 4.05. The second-order valence-electron chi connectivity index (χ2n) is 7.26. The zero-order chi connectivity index (χ0) is 18.7. The molecule has 140 valence electrons. The number of benzene rings is 2. The average Bonchev–Trinajstić information content (AvgIpc) is 2.61. The first-order chi connectivity index (χ1) is 12.4. The van der Waals surface area contributed by atoms with Gasteiger partial charge in [-0.1, -0.05) is 38.5 Å². The standard InChI is InChI=1S/C22H25F3O/c1-3-5-15-6-9-19(10-7-15)22(24,25)26-20-11-8-17-12-16(4-2)21(23)14-18(17)13-20/h4,8,11-15,19H,2-3,5-7,9-10H2,1H3. The number of hydrogen-bond donors (Lipinski definition) is 0. The van der Waals surface area contributed by atoms with Crippen LogP contribution >= 0.6 is 0 Å². The lowest BCUT2D eigenvalue weighted by atomic mass is 9.79. The molecule has 0 amide bonds. The summed E-state index contributed by atoms with van der Waals surface area (Å²) in [6.07, 6.45) is 3.10. The number of rotatable bonds is 6. The van der Waals surface area contributed by atoms with Crippen molar-refractivity contribution >= 4 is 16.8 Å². The van der Waals surface area contributed by atoms with Gasteiger partial charge in [0.2, 0.25) is 0 Å². The lowest BCUT2D eigenvalue weighted by Gasteiger charge is -2.33.